The Labute approximate surface area is 171 Å². The van der Waals surface area contributed by atoms with Crippen LogP contribution < -0.4 is 10.1 Å². The fourth-order valence-electron chi connectivity index (χ4n) is 2.87. The van der Waals surface area contributed by atoms with Crippen molar-refractivity contribution in [2.45, 2.75) is 24.0 Å². The van der Waals surface area contributed by atoms with Gasteiger partial charge in [-0.05, 0) is 49.2 Å². The lowest BCUT2D eigenvalue weighted by Gasteiger charge is -2.12. The molecule has 0 aliphatic heterocycles. The molecule has 0 radical (unpaired) electrons. The third kappa shape index (κ3) is 5.89. The number of carbonyl (C=O) groups is 1. The van der Waals surface area contributed by atoms with Crippen molar-refractivity contribution in [2.75, 3.05) is 13.2 Å². The van der Waals surface area contributed by atoms with Crippen molar-refractivity contribution in [3.63, 3.8) is 0 Å². The van der Waals surface area contributed by atoms with Crippen LogP contribution in [0.15, 0.2) is 83.8 Å². The van der Waals surface area contributed by atoms with Crippen LogP contribution in [-0.2, 0) is 12.2 Å². The second-order valence-corrected chi connectivity index (χ2v) is 7.40. The van der Waals surface area contributed by atoms with Gasteiger partial charge in [0.05, 0.1) is 6.61 Å². The normalized spacial score (nSPS) is 10.5. The molecule has 4 heteroatoms. The summed E-state index contributed by atoms with van der Waals surface area (Å²) in [4.78, 5) is 13.8. The molecule has 3 rings (SSSR count). The van der Waals surface area contributed by atoms with E-state index in [-0.39, 0.29) is 5.91 Å². The average molecular weight is 392 g/mol. The first-order valence-electron chi connectivity index (χ1n) is 9.52. The van der Waals surface area contributed by atoms with Gasteiger partial charge in [-0.3, -0.25) is 4.79 Å². The van der Waals surface area contributed by atoms with Gasteiger partial charge in [-0.15, -0.1) is 11.8 Å². The molecule has 0 spiro atoms. The summed E-state index contributed by atoms with van der Waals surface area (Å²) in [5.41, 5.74) is 2.92. The molecule has 0 aliphatic carbocycles. The Hall–Kier alpha value is -2.72. The molecule has 3 aromatic carbocycles. The van der Waals surface area contributed by atoms with E-state index in [0.717, 1.165) is 23.5 Å². The summed E-state index contributed by atoms with van der Waals surface area (Å²) < 4.78 is 5.75. The van der Waals surface area contributed by atoms with E-state index >= 15 is 0 Å². The standard InChI is InChI=1S/C24H25NO2S/c1-2-27-23-14-13-20(17-21(23)18-28-22-11-7-4-8-12-22)24(26)25-16-15-19-9-5-3-6-10-19/h3-14,17H,2,15-16,18H2,1H3,(H,25,26). The molecule has 0 unspecified atom stereocenters. The molecule has 0 aromatic heterocycles. The van der Waals surface area contributed by atoms with Crippen molar-refractivity contribution in [1.29, 1.82) is 0 Å². The third-order valence-corrected chi connectivity index (χ3v) is 5.36. The number of amides is 1. The topological polar surface area (TPSA) is 38.3 Å². The number of ether oxygens (including phenoxy) is 1. The molecule has 0 atom stereocenters. The molecule has 0 fully saturated rings. The maximum Gasteiger partial charge on any atom is 0.251 e. The van der Waals surface area contributed by atoms with Crippen molar-refractivity contribution in [2.24, 2.45) is 0 Å². The maximum atomic E-state index is 12.6. The molecule has 0 aliphatic rings. The molecule has 1 amide bonds. The lowest BCUT2D eigenvalue weighted by Crippen LogP contribution is -2.25. The molecule has 0 saturated carbocycles. The number of hydrogen-bond acceptors (Lipinski definition) is 3. The number of rotatable bonds is 9. The molecule has 3 aromatic rings. The van der Waals surface area contributed by atoms with E-state index in [1.807, 2.05) is 61.5 Å². The second-order valence-electron chi connectivity index (χ2n) is 6.35. The minimum atomic E-state index is -0.0510. The first-order valence-corrected chi connectivity index (χ1v) is 10.5. The van der Waals surface area contributed by atoms with E-state index in [1.54, 1.807) is 11.8 Å². The molecule has 144 valence electrons. The summed E-state index contributed by atoms with van der Waals surface area (Å²) in [5.74, 6) is 1.54. The van der Waals surface area contributed by atoms with Crippen LogP contribution in [0.4, 0.5) is 0 Å². The van der Waals surface area contributed by atoms with Crippen LogP contribution in [0.2, 0.25) is 0 Å². The monoisotopic (exact) mass is 391 g/mol. The number of nitrogens with one attached hydrogen (secondary N) is 1. The van der Waals surface area contributed by atoms with Crippen LogP contribution in [-0.4, -0.2) is 19.1 Å². The van der Waals surface area contributed by atoms with Crippen LogP contribution in [0.25, 0.3) is 0 Å². The average Bonchev–Trinajstić information content (AvgIpc) is 2.74. The lowest BCUT2D eigenvalue weighted by atomic mass is 10.1. The van der Waals surface area contributed by atoms with Crippen molar-refractivity contribution in [1.82, 2.24) is 5.32 Å². The fourth-order valence-corrected chi connectivity index (χ4v) is 3.77. The minimum absolute atomic E-state index is 0.0510. The van der Waals surface area contributed by atoms with Gasteiger partial charge in [0.15, 0.2) is 0 Å². The summed E-state index contributed by atoms with van der Waals surface area (Å²) in [5, 5.41) is 3.01. The van der Waals surface area contributed by atoms with E-state index in [2.05, 4.69) is 29.6 Å². The van der Waals surface area contributed by atoms with E-state index in [9.17, 15) is 4.79 Å². The Morgan fingerprint density at radius 2 is 1.68 bits per heavy atom. The quantitative estimate of drug-likeness (QED) is 0.500. The van der Waals surface area contributed by atoms with E-state index in [4.69, 9.17) is 4.74 Å². The van der Waals surface area contributed by atoms with Gasteiger partial charge in [0.1, 0.15) is 5.75 Å². The highest BCUT2D eigenvalue weighted by atomic mass is 32.2. The first-order chi connectivity index (χ1) is 13.8. The molecule has 3 nitrogen and oxygen atoms in total. The molecule has 0 heterocycles. The second kappa shape index (κ2) is 10.6. The smallest absolute Gasteiger partial charge is 0.251 e. The molecule has 0 bridgehead atoms. The third-order valence-electron chi connectivity index (χ3n) is 4.30. The van der Waals surface area contributed by atoms with Gasteiger partial charge >= 0.3 is 0 Å². The Balaban J connectivity index is 1.64. The van der Waals surface area contributed by atoms with E-state index < -0.39 is 0 Å². The first kappa shape index (κ1) is 20.0. The Bertz CT molecular complexity index is 882. The van der Waals surface area contributed by atoms with Gasteiger partial charge < -0.3 is 10.1 Å². The van der Waals surface area contributed by atoms with E-state index in [0.29, 0.717) is 18.7 Å². The highest BCUT2D eigenvalue weighted by Crippen LogP contribution is 2.29. The van der Waals surface area contributed by atoms with Gasteiger partial charge in [-0.1, -0.05) is 48.5 Å². The van der Waals surface area contributed by atoms with Crippen LogP contribution >= 0.6 is 11.8 Å². The summed E-state index contributed by atoms with van der Waals surface area (Å²) in [6, 6.07) is 26.1. The molecular formula is C24H25NO2S. The van der Waals surface area contributed by atoms with Gasteiger partial charge in [0, 0.05) is 28.3 Å². The molecule has 1 N–H and O–H groups in total. The highest BCUT2D eigenvalue weighted by molar-refractivity contribution is 7.98. The summed E-state index contributed by atoms with van der Waals surface area (Å²) in [6.45, 7) is 3.19. The largest absolute Gasteiger partial charge is 0.494 e. The summed E-state index contributed by atoms with van der Waals surface area (Å²) >= 11 is 1.74. The van der Waals surface area contributed by atoms with Crippen LogP contribution in [0, 0.1) is 0 Å². The number of carbonyl (C=O) groups excluding carboxylic acids is 1. The van der Waals surface area contributed by atoms with Gasteiger partial charge in [-0.25, -0.2) is 0 Å². The van der Waals surface area contributed by atoms with Crippen LogP contribution in [0.1, 0.15) is 28.4 Å². The predicted molar refractivity (Wildman–Crippen MR) is 116 cm³/mol. The molecule has 0 saturated heterocycles. The van der Waals surface area contributed by atoms with Gasteiger partial charge in [0.25, 0.3) is 5.91 Å². The van der Waals surface area contributed by atoms with Gasteiger partial charge in [-0.2, -0.15) is 0 Å². The molecule has 28 heavy (non-hydrogen) atoms. The Morgan fingerprint density at radius 1 is 0.964 bits per heavy atom. The highest BCUT2D eigenvalue weighted by Gasteiger charge is 2.11. The van der Waals surface area contributed by atoms with E-state index in [1.165, 1.54) is 10.5 Å². The fraction of sp³-hybridized carbons (Fsp3) is 0.208. The van der Waals surface area contributed by atoms with Crippen molar-refractivity contribution < 1.29 is 9.53 Å². The Kier molecular flexibility index (Phi) is 7.56. The van der Waals surface area contributed by atoms with Crippen LogP contribution in [0.5, 0.6) is 5.75 Å². The molecular weight excluding hydrogens is 366 g/mol. The summed E-state index contributed by atoms with van der Waals surface area (Å²) in [6.07, 6.45) is 0.820. The van der Waals surface area contributed by atoms with Crippen molar-refractivity contribution >= 4 is 17.7 Å². The number of benzene rings is 3. The van der Waals surface area contributed by atoms with Crippen molar-refractivity contribution in [3.8, 4) is 5.75 Å². The van der Waals surface area contributed by atoms with Crippen LogP contribution in [0.3, 0.4) is 0 Å². The zero-order valence-corrected chi connectivity index (χ0v) is 16.9. The van der Waals surface area contributed by atoms with Gasteiger partial charge in [0.2, 0.25) is 0 Å². The van der Waals surface area contributed by atoms with Crippen molar-refractivity contribution in [3.05, 3.63) is 95.6 Å². The lowest BCUT2D eigenvalue weighted by molar-refractivity contribution is 0.0954. The Morgan fingerprint density at radius 3 is 2.39 bits per heavy atom. The number of hydrogen-bond donors (Lipinski definition) is 1. The zero-order valence-electron chi connectivity index (χ0n) is 16.1. The minimum Gasteiger partial charge on any atom is -0.494 e. The SMILES string of the molecule is CCOc1ccc(C(=O)NCCc2ccccc2)cc1CSc1ccccc1. The number of thioether (sulfide) groups is 1. The summed E-state index contributed by atoms with van der Waals surface area (Å²) in [7, 11) is 0. The predicted octanol–water partition coefficient (Wildman–Crippen LogP) is 5.35. The maximum absolute atomic E-state index is 12.6. The zero-order chi connectivity index (χ0) is 19.6.